The van der Waals surface area contributed by atoms with Crippen LogP contribution in [0.15, 0.2) is 0 Å². The fourth-order valence-electron chi connectivity index (χ4n) is 3.78. The third-order valence-electron chi connectivity index (χ3n) is 5.62. The molecule has 0 aromatic rings. The number of likely N-dealkylation sites (tertiary alicyclic amines) is 1. The SMILES string of the molecule is CC1C(N)CCC(C(=O)N2CCC[C@@H]2C(=O)O)C1(C)C. The van der Waals surface area contributed by atoms with E-state index < -0.39 is 12.0 Å². The van der Waals surface area contributed by atoms with E-state index in [1.807, 2.05) is 0 Å². The number of aliphatic carboxylic acids is 1. The molecule has 5 nitrogen and oxygen atoms in total. The van der Waals surface area contributed by atoms with E-state index in [1.165, 1.54) is 0 Å². The maximum Gasteiger partial charge on any atom is 0.326 e. The highest BCUT2D eigenvalue weighted by Crippen LogP contribution is 2.45. The van der Waals surface area contributed by atoms with Gasteiger partial charge in [-0.25, -0.2) is 4.79 Å². The Bertz CT molecular complexity index is 408. The van der Waals surface area contributed by atoms with Crippen molar-refractivity contribution in [2.75, 3.05) is 6.54 Å². The molecule has 0 spiro atoms. The smallest absolute Gasteiger partial charge is 0.326 e. The van der Waals surface area contributed by atoms with Gasteiger partial charge in [-0.05, 0) is 37.0 Å². The second kappa shape index (κ2) is 5.35. The molecule has 0 radical (unpaired) electrons. The molecule has 1 saturated heterocycles. The Hall–Kier alpha value is -1.10. The predicted molar refractivity (Wildman–Crippen MR) is 76.0 cm³/mol. The van der Waals surface area contributed by atoms with E-state index in [0.717, 1.165) is 19.3 Å². The molecule has 3 unspecified atom stereocenters. The summed E-state index contributed by atoms with van der Waals surface area (Å²) in [5.41, 5.74) is 5.95. The van der Waals surface area contributed by atoms with Gasteiger partial charge in [0.15, 0.2) is 0 Å². The number of hydrogen-bond donors (Lipinski definition) is 2. The molecule has 1 heterocycles. The molecule has 5 heteroatoms. The molecular weight excluding hydrogens is 256 g/mol. The van der Waals surface area contributed by atoms with Gasteiger partial charge in [0.1, 0.15) is 6.04 Å². The van der Waals surface area contributed by atoms with Gasteiger partial charge >= 0.3 is 5.97 Å². The number of rotatable bonds is 2. The Kier molecular flexibility index (Phi) is 4.09. The topological polar surface area (TPSA) is 83.6 Å². The standard InChI is InChI=1S/C15H26N2O3/c1-9-11(16)7-6-10(15(9,2)3)13(18)17-8-4-5-12(17)14(19)20/h9-12H,4-8,16H2,1-3H3,(H,19,20)/t9?,10?,11?,12-/m1/s1. The van der Waals surface area contributed by atoms with Gasteiger partial charge in [-0.3, -0.25) is 4.79 Å². The second-order valence-corrected chi connectivity index (χ2v) is 6.93. The first-order valence-corrected chi connectivity index (χ1v) is 7.55. The van der Waals surface area contributed by atoms with E-state index in [-0.39, 0.29) is 29.2 Å². The van der Waals surface area contributed by atoms with Gasteiger partial charge < -0.3 is 15.7 Å². The lowest BCUT2D eigenvalue weighted by Crippen LogP contribution is -2.54. The highest BCUT2D eigenvalue weighted by atomic mass is 16.4. The van der Waals surface area contributed by atoms with Gasteiger partial charge in [0.05, 0.1) is 0 Å². The predicted octanol–water partition coefficient (Wildman–Crippen LogP) is 1.46. The van der Waals surface area contributed by atoms with Gasteiger partial charge in [0.25, 0.3) is 0 Å². The number of carbonyl (C=O) groups is 2. The maximum atomic E-state index is 12.8. The molecule has 3 N–H and O–H groups in total. The van der Waals surface area contributed by atoms with Crippen LogP contribution in [0.4, 0.5) is 0 Å². The number of carboxylic acids is 1. The summed E-state index contributed by atoms with van der Waals surface area (Å²) < 4.78 is 0. The van der Waals surface area contributed by atoms with E-state index in [2.05, 4.69) is 20.8 Å². The van der Waals surface area contributed by atoms with Crippen molar-refractivity contribution in [3.05, 3.63) is 0 Å². The number of hydrogen-bond acceptors (Lipinski definition) is 3. The molecule has 0 aromatic carbocycles. The summed E-state index contributed by atoms with van der Waals surface area (Å²) in [6, 6.07) is -0.507. The Morgan fingerprint density at radius 3 is 2.50 bits per heavy atom. The Morgan fingerprint density at radius 1 is 1.25 bits per heavy atom. The Morgan fingerprint density at radius 2 is 1.90 bits per heavy atom. The summed E-state index contributed by atoms with van der Waals surface area (Å²) in [7, 11) is 0. The monoisotopic (exact) mass is 282 g/mol. The van der Waals surface area contributed by atoms with Crippen molar-refractivity contribution >= 4 is 11.9 Å². The number of carbonyl (C=O) groups excluding carboxylic acids is 1. The summed E-state index contributed by atoms with van der Waals surface area (Å²) in [5.74, 6) is -0.721. The molecule has 0 bridgehead atoms. The molecule has 2 aliphatic rings. The molecule has 2 rings (SSSR count). The van der Waals surface area contributed by atoms with Crippen molar-refractivity contribution in [3.63, 3.8) is 0 Å². The highest BCUT2D eigenvalue weighted by molar-refractivity contribution is 5.86. The molecule has 4 atom stereocenters. The lowest BCUT2D eigenvalue weighted by molar-refractivity contribution is -0.153. The van der Waals surface area contributed by atoms with E-state index in [0.29, 0.717) is 13.0 Å². The zero-order valence-electron chi connectivity index (χ0n) is 12.6. The molecule has 1 amide bonds. The van der Waals surface area contributed by atoms with E-state index in [4.69, 9.17) is 5.73 Å². The van der Waals surface area contributed by atoms with E-state index in [1.54, 1.807) is 4.90 Å². The first-order valence-electron chi connectivity index (χ1n) is 7.55. The van der Waals surface area contributed by atoms with Crippen LogP contribution in [0.2, 0.25) is 0 Å². The van der Waals surface area contributed by atoms with Crippen LogP contribution in [-0.2, 0) is 9.59 Å². The van der Waals surface area contributed by atoms with Crippen LogP contribution in [0.5, 0.6) is 0 Å². The van der Waals surface area contributed by atoms with Gasteiger partial charge in [-0.1, -0.05) is 20.8 Å². The van der Waals surface area contributed by atoms with Crippen molar-refractivity contribution in [2.45, 2.75) is 58.5 Å². The van der Waals surface area contributed by atoms with Crippen molar-refractivity contribution < 1.29 is 14.7 Å². The number of amides is 1. The van der Waals surface area contributed by atoms with Crippen LogP contribution in [0.25, 0.3) is 0 Å². The summed E-state index contributed by atoms with van der Waals surface area (Å²) in [5, 5.41) is 9.24. The average molecular weight is 282 g/mol. The minimum atomic E-state index is -0.880. The van der Waals surface area contributed by atoms with E-state index >= 15 is 0 Å². The van der Waals surface area contributed by atoms with Crippen LogP contribution in [0.3, 0.4) is 0 Å². The first-order chi connectivity index (χ1) is 9.26. The fraction of sp³-hybridized carbons (Fsp3) is 0.867. The minimum Gasteiger partial charge on any atom is -0.480 e. The first kappa shape index (κ1) is 15.3. The number of carboxylic acid groups (broad SMARTS) is 1. The summed E-state index contributed by atoms with van der Waals surface area (Å²) in [6.45, 7) is 6.85. The number of nitrogens with zero attached hydrogens (tertiary/aromatic N) is 1. The van der Waals surface area contributed by atoms with Crippen molar-refractivity contribution in [1.29, 1.82) is 0 Å². The summed E-state index contributed by atoms with van der Waals surface area (Å²) in [6.07, 6.45) is 2.96. The van der Waals surface area contributed by atoms with E-state index in [9.17, 15) is 14.7 Å². The van der Waals surface area contributed by atoms with Crippen LogP contribution >= 0.6 is 0 Å². The molecule has 1 saturated carbocycles. The Balaban J connectivity index is 2.18. The average Bonchev–Trinajstić information content (AvgIpc) is 2.85. The highest BCUT2D eigenvalue weighted by Gasteiger charge is 2.48. The normalized spacial score (nSPS) is 36.9. The Labute approximate surface area is 120 Å². The molecule has 0 aromatic heterocycles. The van der Waals surface area contributed by atoms with Gasteiger partial charge in [-0.15, -0.1) is 0 Å². The minimum absolute atomic E-state index is 0.0126. The van der Waals surface area contributed by atoms with Crippen LogP contribution in [-0.4, -0.2) is 40.5 Å². The molecular formula is C15H26N2O3. The zero-order chi connectivity index (χ0) is 15.1. The molecule has 20 heavy (non-hydrogen) atoms. The molecule has 1 aliphatic heterocycles. The lowest BCUT2D eigenvalue weighted by atomic mass is 9.60. The molecule has 1 aliphatic carbocycles. The molecule has 114 valence electrons. The third-order valence-corrected chi connectivity index (χ3v) is 5.62. The largest absolute Gasteiger partial charge is 0.480 e. The fourth-order valence-corrected chi connectivity index (χ4v) is 3.78. The second-order valence-electron chi connectivity index (χ2n) is 6.93. The van der Waals surface area contributed by atoms with Crippen LogP contribution in [0.1, 0.15) is 46.5 Å². The van der Waals surface area contributed by atoms with Crippen molar-refractivity contribution in [3.8, 4) is 0 Å². The molecule has 2 fully saturated rings. The zero-order valence-corrected chi connectivity index (χ0v) is 12.6. The van der Waals surface area contributed by atoms with Crippen LogP contribution < -0.4 is 5.73 Å². The quantitative estimate of drug-likeness (QED) is 0.803. The van der Waals surface area contributed by atoms with Gasteiger partial charge in [-0.2, -0.15) is 0 Å². The third kappa shape index (κ3) is 2.43. The van der Waals surface area contributed by atoms with Crippen molar-refractivity contribution in [2.24, 2.45) is 23.0 Å². The van der Waals surface area contributed by atoms with Crippen molar-refractivity contribution in [1.82, 2.24) is 4.90 Å². The summed E-state index contributed by atoms with van der Waals surface area (Å²) in [4.78, 5) is 25.6. The van der Waals surface area contributed by atoms with Gasteiger partial charge in [0.2, 0.25) is 5.91 Å². The van der Waals surface area contributed by atoms with Gasteiger partial charge in [0, 0.05) is 18.5 Å². The maximum absolute atomic E-state index is 12.8. The number of nitrogens with two attached hydrogens (primary N) is 1. The van der Waals surface area contributed by atoms with Crippen LogP contribution in [0, 0.1) is 17.3 Å². The summed E-state index contributed by atoms with van der Waals surface area (Å²) >= 11 is 0. The lowest BCUT2D eigenvalue weighted by Gasteiger charge is -2.47.